The monoisotopic (exact) mass is 402 g/mol. The molecular weight excluding hydrogens is 380 g/mol. The van der Waals surface area contributed by atoms with Gasteiger partial charge in [0.05, 0.1) is 17.1 Å². The van der Waals surface area contributed by atoms with Crippen LogP contribution in [0.15, 0.2) is 54.6 Å². The zero-order valence-corrected chi connectivity index (χ0v) is 16.3. The molecule has 1 atom stereocenters. The Bertz CT molecular complexity index is 960. The molecule has 1 aliphatic heterocycles. The number of rotatable bonds is 6. The van der Waals surface area contributed by atoms with Crippen molar-refractivity contribution in [2.45, 2.75) is 12.5 Å². The molecule has 0 spiro atoms. The van der Waals surface area contributed by atoms with Crippen molar-refractivity contribution in [1.82, 2.24) is 4.90 Å². The summed E-state index contributed by atoms with van der Waals surface area (Å²) in [6, 6.07) is 15.4. The molecule has 28 heavy (non-hydrogen) atoms. The summed E-state index contributed by atoms with van der Waals surface area (Å²) in [6.45, 7) is -0.275. The molecule has 1 N–H and O–H groups in total. The minimum atomic E-state index is -3.08. The molecule has 8 heteroatoms. The summed E-state index contributed by atoms with van der Waals surface area (Å²) in [4.78, 5) is 26.3. The molecular formula is C20H22N2O5S. The molecule has 0 aromatic heterocycles. The Labute approximate surface area is 164 Å². The number of carbonyl (C=O) groups is 2. The summed E-state index contributed by atoms with van der Waals surface area (Å²) in [5.74, 6) is -0.314. The summed E-state index contributed by atoms with van der Waals surface area (Å²) in [6.07, 6.45) is 0.431. The van der Waals surface area contributed by atoms with Crippen molar-refractivity contribution < 1.29 is 22.7 Å². The molecule has 0 unspecified atom stereocenters. The van der Waals surface area contributed by atoms with Gasteiger partial charge in [-0.2, -0.15) is 0 Å². The SMILES string of the molecule is CN(C(=O)COc1ccccc1C(=O)Nc1ccccc1)[C@@H]1CCS(=O)(=O)C1. The van der Waals surface area contributed by atoms with Crippen LogP contribution < -0.4 is 10.1 Å². The number of likely N-dealkylation sites (N-methyl/N-ethyl adjacent to an activating group) is 1. The second-order valence-corrected chi connectivity index (χ2v) is 8.90. The smallest absolute Gasteiger partial charge is 0.260 e. The first-order chi connectivity index (χ1) is 13.4. The summed E-state index contributed by atoms with van der Waals surface area (Å²) in [5, 5.41) is 2.78. The molecule has 1 fully saturated rings. The highest BCUT2D eigenvalue weighted by Crippen LogP contribution is 2.21. The van der Waals surface area contributed by atoms with E-state index in [0.717, 1.165) is 0 Å². The molecule has 2 aromatic carbocycles. The van der Waals surface area contributed by atoms with Crippen molar-refractivity contribution >= 4 is 27.3 Å². The van der Waals surface area contributed by atoms with E-state index in [1.165, 1.54) is 4.90 Å². The van der Waals surface area contributed by atoms with Gasteiger partial charge >= 0.3 is 0 Å². The third kappa shape index (κ3) is 4.89. The van der Waals surface area contributed by atoms with Gasteiger partial charge in [-0.1, -0.05) is 30.3 Å². The van der Waals surface area contributed by atoms with Crippen LogP contribution in [0.4, 0.5) is 5.69 Å². The first kappa shape index (κ1) is 19.9. The Morgan fingerprint density at radius 1 is 1.11 bits per heavy atom. The molecule has 148 valence electrons. The number of carbonyl (C=O) groups excluding carboxylic acids is 2. The van der Waals surface area contributed by atoms with Crippen LogP contribution in [0.5, 0.6) is 5.75 Å². The molecule has 0 aliphatic carbocycles. The van der Waals surface area contributed by atoms with E-state index in [0.29, 0.717) is 17.7 Å². The van der Waals surface area contributed by atoms with Crippen LogP contribution in [0.25, 0.3) is 0 Å². The lowest BCUT2D eigenvalue weighted by Gasteiger charge is -2.23. The Kier molecular flexibility index (Phi) is 5.99. The molecule has 1 aliphatic rings. The molecule has 2 amide bonds. The van der Waals surface area contributed by atoms with Crippen LogP contribution in [-0.4, -0.2) is 56.3 Å². The average Bonchev–Trinajstić information content (AvgIpc) is 3.06. The lowest BCUT2D eigenvalue weighted by molar-refractivity contribution is -0.133. The van der Waals surface area contributed by atoms with Crippen molar-refractivity contribution in [1.29, 1.82) is 0 Å². The minimum absolute atomic E-state index is 0.0225. The van der Waals surface area contributed by atoms with Gasteiger partial charge in [0.2, 0.25) is 0 Å². The Balaban J connectivity index is 1.63. The number of nitrogens with zero attached hydrogens (tertiary/aromatic N) is 1. The van der Waals surface area contributed by atoms with Gasteiger partial charge in [-0.3, -0.25) is 9.59 Å². The van der Waals surface area contributed by atoms with Gasteiger partial charge in [0.25, 0.3) is 11.8 Å². The quantitative estimate of drug-likeness (QED) is 0.797. The van der Waals surface area contributed by atoms with E-state index >= 15 is 0 Å². The van der Waals surface area contributed by atoms with Crippen molar-refractivity contribution in [2.75, 3.05) is 30.5 Å². The number of sulfone groups is 1. The van der Waals surface area contributed by atoms with Gasteiger partial charge in [-0.15, -0.1) is 0 Å². The maximum Gasteiger partial charge on any atom is 0.260 e. The fourth-order valence-electron chi connectivity index (χ4n) is 3.03. The number of para-hydroxylation sites is 2. The lowest BCUT2D eigenvalue weighted by atomic mass is 10.2. The van der Waals surface area contributed by atoms with Gasteiger partial charge in [0.1, 0.15) is 5.75 Å². The number of hydrogen-bond acceptors (Lipinski definition) is 5. The van der Waals surface area contributed by atoms with Gasteiger partial charge in [0.15, 0.2) is 16.4 Å². The minimum Gasteiger partial charge on any atom is -0.483 e. The maximum atomic E-state index is 12.5. The standard InChI is InChI=1S/C20H22N2O5S/c1-22(16-11-12-28(25,26)14-16)19(23)13-27-18-10-6-5-9-17(18)20(24)21-15-7-3-2-4-8-15/h2-10,16H,11-14H2,1H3,(H,21,24)/t16-/m1/s1. The summed E-state index contributed by atoms with van der Waals surface area (Å²) >= 11 is 0. The van der Waals surface area contributed by atoms with Crippen LogP contribution in [0.1, 0.15) is 16.8 Å². The van der Waals surface area contributed by atoms with Gasteiger partial charge in [-0.05, 0) is 30.7 Å². The number of benzene rings is 2. The number of nitrogens with one attached hydrogen (secondary N) is 1. The Morgan fingerprint density at radius 2 is 1.79 bits per heavy atom. The van der Waals surface area contributed by atoms with E-state index in [1.807, 2.05) is 18.2 Å². The van der Waals surface area contributed by atoms with Crippen molar-refractivity contribution in [3.63, 3.8) is 0 Å². The molecule has 2 aromatic rings. The number of anilines is 1. The average molecular weight is 402 g/mol. The van der Waals surface area contributed by atoms with E-state index in [9.17, 15) is 18.0 Å². The summed E-state index contributed by atoms with van der Waals surface area (Å²) < 4.78 is 28.8. The third-order valence-electron chi connectivity index (χ3n) is 4.66. The third-order valence-corrected chi connectivity index (χ3v) is 6.41. The normalized spacial score (nSPS) is 17.7. The summed E-state index contributed by atoms with van der Waals surface area (Å²) in [5.41, 5.74) is 0.964. The highest BCUT2D eigenvalue weighted by Gasteiger charge is 2.32. The van der Waals surface area contributed by atoms with Crippen molar-refractivity contribution in [3.8, 4) is 5.75 Å². The van der Waals surface area contributed by atoms with Crippen LogP contribution in [-0.2, 0) is 14.6 Å². The predicted molar refractivity (Wildman–Crippen MR) is 106 cm³/mol. The zero-order chi connectivity index (χ0) is 20.1. The second-order valence-electron chi connectivity index (χ2n) is 6.67. The fourth-order valence-corrected chi connectivity index (χ4v) is 4.80. The van der Waals surface area contributed by atoms with Crippen LogP contribution in [0, 0.1) is 0 Å². The topological polar surface area (TPSA) is 92.8 Å². The van der Waals surface area contributed by atoms with E-state index < -0.39 is 9.84 Å². The van der Waals surface area contributed by atoms with Gasteiger partial charge < -0.3 is 15.0 Å². The van der Waals surface area contributed by atoms with E-state index in [-0.39, 0.29) is 41.7 Å². The summed E-state index contributed by atoms with van der Waals surface area (Å²) in [7, 11) is -1.50. The molecule has 1 heterocycles. The highest BCUT2D eigenvalue weighted by atomic mass is 32.2. The Morgan fingerprint density at radius 3 is 2.46 bits per heavy atom. The molecule has 0 saturated carbocycles. The van der Waals surface area contributed by atoms with Gasteiger partial charge in [-0.25, -0.2) is 8.42 Å². The largest absolute Gasteiger partial charge is 0.483 e. The molecule has 3 rings (SSSR count). The predicted octanol–water partition coefficient (Wildman–Crippen LogP) is 1.96. The van der Waals surface area contributed by atoms with Crippen LogP contribution in [0.2, 0.25) is 0 Å². The van der Waals surface area contributed by atoms with E-state index in [4.69, 9.17) is 4.74 Å². The highest BCUT2D eigenvalue weighted by molar-refractivity contribution is 7.91. The lowest BCUT2D eigenvalue weighted by Crippen LogP contribution is -2.40. The number of ether oxygens (including phenoxy) is 1. The number of amides is 2. The number of hydrogen-bond donors (Lipinski definition) is 1. The van der Waals surface area contributed by atoms with E-state index in [2.05, 4.69) is 5.32 Å². The molecule has 7 nitrogen and oxygen atoms in total. The van der Waals surface area contributed by atoms with Gasteiger partial charge in [0, 0.05) is 18.8 Å². The Hall–Kier alpha value is -2.87. The zero-order valence-electron chi connectivity index (χ0n) is 15.5. The fraction of sp³-hybridized carbons (Fsp3) is 0.300. The second kappa shape index (κ2) is 8.43. The molecule has 0 radical (unpaired) electrons. The van der Waals surface area contributed by atoms with Crippen LogP contribution >= 0.6 is 0 Å². The van der Waals surface area contributed by atoms with E-state index in [1.54, 1.807) is 43.4 Å². The first-order valence-corrected chi connectivity index (χ1v) is 10.7. The first-order valence-electron chi connectivity index (χ1n) is 8.90. The molecule has 1 saturated heterocycles. The van der Waals surface area contributed by atoms with Crippen molar-refractivity contribution in [3.05, 3.63) is 60.2 Å². The van der Waals surface area contributed by atoms with Crippen LogP contribution in [0.3, 0.4) is 0 Å². The maximum absolute atomic E-state index is 12.5. The van der Waals surface area contributed by atoms with Crippen molar-refractivity contribution in [2.24, 2.45) is 0 Å². The molecule has 0 bridgehead atoms.